The van der Waals surface area contributed by atoms with Crippen molar-refractivity contribution in [2.75, 3.05) is 0 Å². The third-order valence-electron chi connectivity index (χ3n) is 4.02. The molecule has 0 N–H and O–H groups in total. The van der Waals surface area contributed by atoms with E-state index in [1.165, 1.54) is 12.1 Å². The molecule has 2 aliphatic rings. The fourth-order valence-electron chi connectivity index (χ4n) is 2.94. The number of nitro groups is 1. The summed E-state index contributed by atoms with van der Waals surface area (Å²) in [5.41, 5.74) is 1.14. The molecule has 1 aromatic rings. The highest BCUT2D eigenvalue weighted by atomic mass is 79.9. The van der Waals surface area contributed by atoms with Crippen molar-refractivity contribution in [3.8, 4) is 0 Å². The quantitative estimate of drug-likeness (QED) is 0.309. The molecule has 1 aromatic carbocycles. The molecule has 22 heavy (non-hydrogen) atoms. The van der Waals surface area contributed by atoms with Crippen LogP contribution in [0.5, 0.6) is 0 Å². The van der Waals surface area contributed by atoms with Crippen molar-refractivity contribution in [1.82, 2.24) is 0 Å². The first kappa shape index (κ1) is 15.7. The first-order valence-corrected chi connectivity index (χ1v) is 8.74. The maximum atomic E-state index is 12.2. The van der Waals surface area contributed by atoms with E-state index in [-0.39, 0.29) is 28.5 Å². The number of fused-ring (bicyclic) bond motifs is 1. The molecule has 1 fully saturated rings. The van der Waals surface area contributed by atoms with Gasteiger partial charge in [0, 0.05) is 22.9 Å². The second kappa shape index (κ2) is 6.12. The molecule has 0 spiro atoms. The van der Waals surface area contributed by atoms with E-state index in [1.807, 2.05) is 6.08 Å². The zero-order valence-corrected chi connectivity index (χ0v) is 14.6. The zero-order valence-electron chi connectivity index (χ0n) is 11.4. The molecule has 0 bridgehead atoms. The molecule has 0 saturated heterocycles. The molecule has 7 heteroatoms. The van der Waals surface area contributed by atoms with Gasteiger partial charge in [-0.05, 0) is 30.5 Å². The van der Waals surface area contributed by atoms with E-state index in [2.05, 4.69) is 31.9 Å². The number of rotatable bonds is 2. The van der Waals surface area contributed by atoms with Crippen LogP contribution in [0.25, 0.3) is 5.57 Å². The fraction of sp³-hybridized carbons (Fsp3) is 0.400. The predicted octanol–water partition coefficient (Wildman–Crippen LogP) is 3.84. The lowest BCUT2D eigenvalue weighted by Gasteiger charge is -2.38. The zero-order chi connectivity index (χ0) is 15.9. The highest BCUT2D eigenvalue weighted by molar-refractivity contribution is 9.10. The molecule has 0 amide bonds. The van der Waals surface area contributed by atoms with Gasteiger partial charge in [0.2, 0.25) is 0 Å². The van der Waals surface area contributed by atoms with Crippen LogP contribution in [0.3, 0.4) is 0 Å². The summed E-state index contributed by atoms with van der Waals surface area (Å²) in [5, 5.41) is 10.7. The summed E-state index contributed by atoms with van der Waals surface area (Å²) in [6.45, 7) is 0. The third-order valence-corrected chi connectivity index (χ3v) is 5.66. The normalized spacial score (nSPS) is 31.0. The SMILES string of the molecule is O=C1OC2C(Br)CC(Br)CC2C=C1c1ccc([N+](=O)[O-])cc1. The minimum Gasteiger partial charge on any atom is -0.457 e. The number of carbonyl (C=O) groups excluding carboxylic acids is 1. The number of halogens is 2. The molecular weight excluding hydrogens is 418 g/mol. The van der Waals surface area contributed by atoms with E-state index < -0.39 is 4.92 Å². The minimum absolute atomic E-state index is 0.00474. The Morgan fingerprint density at radius 2 is 1.86 bits per heavy atom. The smallest absolute Gasteiger partial charge is 0.338 e. The molecule has 4 atom stereocenters. The Labute approximate surface area is 144 Å². The fourth-order valence-corrected chi connectivity index (χ4v) is 5.23. The highest BCUT2D eigenvalue weighted by Gasteiger charge is 2.41. The van der Waals surface area contributed by atoms with Gasteiger partial charge in [0.25, 0.3) is 5.69 Å². The van der Waals surface area contributed by atoms with Crippen LogP contribution in [0, 0.1) is 16.0 Å². The van der Waals surface area contributed by atoms with Gasteiger partial charge in [0.05, 0.1) is 15.3 Å². The largest absolute Gasteiger partial charge is 0.457 e. The number of benzene rings is 1. The molecular formula is C15H13Br2NO4. The van der Waals surface area contributed by atoms with E-state index in [9.17, 15) is 14.9 Å². The van der Waals surface area contributed by atoms with E-state index >= 15 is 0 Å². The molecule has 4 unspecified atom stereocenters. The second-order valence-corrected chi connectivity index (χ2v) is 7.97. The van der Waals surface area contributed by atoms with Gasteiger partial charge in [0.15, 0.2) is 0 Å². The summed E-state index contributed by atoms with van der Waals surface area (Å²) in [6.07, 6.45) is 3.61. The number of non-ortho nitro benzene ring substituents is 1. The second-order valence-electron chi connectivity index (χ2n) is 5.50. The van der Waals surface area contributed by atoms with Crippen molar-refractivity contribution in [1.29, 1.82) is 0 Å². The summed E-state index contributed by atoms with van der Waals surface area (Å²) in [7, 11) is 0. The predicted molar refractivity (Wildman–Crippen MR) is 89.1 cm³/mol. The molecule has 1 aliphatic heterocycles. The summed E-state index contributed by atoms with van der Waals surface area (Å²) in [5.74, 6) is -0.224. The van der Waals surface area contributed by atoms with Crippen LogP contribution in [0.4, 0.5) is 5.69 Å². The molecule has 116 valence electrons. The lowest BCUT2D eigenvalue weighted by molar-refractivity contribution is -0.384. The van der Waals surface area contributed by atoms with Crippen molar-refractivity contribution in [2.24, 2.45) is 5.92 Å². The Bertz CT molecular complexity index is 643. The number of alkyl halides is 2. The lowest BCUT2D eigenvalue weighted by atomic mass is 9.82. The van der Waals surface area contributed by atoms with Gasteiger partial charge in [-0.1, -0.05) is 37.9 Å². The Hall–Kier alpha value is -1.21. The summed E-state index contributed by atoms with van der Waals surface area (Å²) in [4.78, 5) is 23.0. The van der Waals surface area contributed by atoms with Gasteiger partial charge in [-0.15, -0.1) is 0 Å². The van der Waals surface area contributed by atoms with Crippen LogP contribution in [-0.4, -0.2) is 26.7 Å². The minimum atomic E-state index is -0.459. The van der Waals surface area contributed by atoms with Gasteiger partial charge < -0.3 is 4.74 Å². The van der Waals surface area contributed by atoms with E-state index in [4.69, 9.17) is 4.74 Å². The monoisotopic (exact) mass is 429 g/mol. The molecule has 1 aliphatic carbocycles. The third kappa shape index (κ3) is 2.96. The summed E-state index contributed by atoms with van der Waals surface area (Å²) >= 11 is 7.22. The number of nitro benzene ring substituents is 1. The summed E-state index contributed by atoms with van der Waals surface area (Å²) < 4.78 is 5.59. The number of ether oxygens (including phenoxy) is 1. The first-order chi connectivity index (χ1) is 10.5. The Morgan fingerprint density at radius 3 is 2.50 bits per heavy atom. The molecule has 0 radical (unpaired) electrons. The Kier molecular flexibility index (Phi) is 4.36. The van der Waals surface area contributed by atoms with E-state index in [0.717, 1.165) is 12.8 Å². The van der Waals surface area contributed by atoms with Crippen molar-refractivity contribution in [3.63, 3.8) is 0 Å². The van der Waals surface area contributed by atoms with Gasteiger partial charge in [-0.3, -0.25) is 10.1 Å². The molecule has 0 aromatic heterocycles. The van der Waals surface area contributed by atoms with Gasteiger partial charge in [-0.25, -0.2) is 4.79 Å². The van der Waals surface area contributed by atoms with Crippen LogP contribution in [0.15, 0.2) is 30.3 Å². The van der Waals surface area contributed by atoms with Crippen LogP contribution in [0.1, 0.15) is 18.4 Å². The number of hydrogen-bond acceptors (Lipinski definition) is 4. The first-order valence-electron chi connectivity index (χ1n) is 6.91. The van der Waals surface area contributed by atoms with Crippen molar-refractivity contribution in [3.05, 3.63) is 46.0 Å². The molecule has 1 heterocycles. The molecule has 5 nitrogen and oxygen atoms in total. The highest BCUT2D eigenvalue weighted by Crippen LogP contribution is 2.40. The number of carbonyl (C=O) groups is 1. The van der Waals surface area contributed by atoms with E-state index in [0.29, 0.717) is 16.0 Å². The number of hydrogen-bond donors (Lipinski definition) is 0. The van der Waals surface area contributed by atoms with Crippen LogP contribution in [0.2, 0.25) is 0 Å². The Morgan fingerprint density at radius 1 is 1.18 bits per heavy atom. The maximum Gasteiger partial charge on any atom is 0.338 e. The van der Waals surface area contributed by atoms with Crippen molar-refractivity contribution >= 4 is 49.1 Å². The van der Waals surface area contributed by atoms with Crippen LogP contribution in [-0.2, 0) is 9.53 Å². The van der Waals surface area contributed by atoms with Gasteiger partial charge >= 0.3 is 5.97 Å². The van der Waals surface area contributed by atoms with Gasteiger partial charge in [0.1, 0.15) is 6.10 Å². The number of esters is 1. The number of nitrogens with zero attached hydrogens (tertiary/aromatic N) is 1. The van der Waals surface area contributed by atoms with Crippen LogP contribution >= 0.6 is 31.9 Å². The Balaban J connectivity index is 1.91. The maximum absolute atomic E-state index is 12.2. The van der Waals surface area contributed by atoms with Gasteiger partial charge in [-0.2, -0.15) is 0 Å². The topological polar surface area (TPSA) is 69.4 Å². The lowest BCUT2D eigenvalue weighted by Crippen LogP contribution is -2.43. The summed E-state index contributed by atoms with van der Waals surface area (Å²) in [6, 6.07) is 5.98. The average molecular weight is 431 g/mol. The van der Waals surface area contributed by atoms with Crippen molar-refractivity contribution in [2.45, 2.75) is 28.6 Å². The average Bonchev–Trinajstić information content (AvgIpc) is 2.47. The van der Waals surface area contributed by atoms with E-state index in [1.54, 1.807) is 12.1 Å². The standard InChI is InChI=1S/C15H13Br2NO4/c16-10-5-9-6-12(15(19)22-14(9)13(17)7-10)8-1-3-11(4-2-8)18(20)21/h1-4,6,9-10,13-14H,5,7H2. The van der Waals surface area contributed by atoms with Crippen LogP contribution < -0.4 is 0 Å². The molecule has 3 rings (SSSR count). The molecule has 1 saturated carbocycles. The van der Waals surface area contributed by atoms with Crippen molar-refractivity contribution < 1.29 is 14.5 Å².